The predicted molar refractivity (Wildman–Crippen MR) is 66.1 cm³/mol. The quantitative estimate of drug-likeness (QED) is 0.698. The first kappa shape index (κ1) is 13.2. The third-order valence-electron chi connectivity index (χ3n) is 3.31. The Kier molecular flexibility index (Phi) is 5.25. The van der Waals surface area contributed by atoms with Gasteiger partial charge in [-0.25, -0.2) is 0 Å². The van der Waals surface area contributed by atoms with Gasteiger partial charge in [-0.15, -0.1) is 0 Å². The molecule has 0 aromatic carbocycles. The lowest BCUT2D eigenvalue weighted by atomic mass is 9.87. The van der Waals surface area contributed by atoms with Gasteiger partial charge in [0, 0.05) is 18.7 Å². The van der Waals surface area contributed by atoms with Gasteiger partial charge in [0.1, 0.15) is 10.5 Å². The average molecular weight is 231 g/mol. The Morgan fingerprint density at radius 3 is 2.80 bits per heavy atom. The van der Waals surface area contributed by atoms with Crippen LogP contribution in [0.2, 0.25) is 0 Å². The van der Waals surface area contributed by atoms with Crippen molar-refractivity contribution >= 4 is 10.5 Å². The number of nitrogens with one attached hydrogen (secondary N) is 1. The lowest BCUT2D eigenvalue weighted by Gasteiger charge is -2.35. The maximum atomic E-state index is 5.81. The SMILES string of the molecule is CCC(CC(C)(C)O[SiH3])C1CNCCO1. The standard InChI is InChI=1S/C11H25NO2Si/c1-4-9(7-11(2,3)14-15)10-8-12-5-6-13-10/h9-10,12H,4-8H2,1-3,15H3. The summed E-state index contributed by atoms with van der Waals surface area (Å²) in [6.45, 7) is 9.44. The molecular formula is C11H25NO2Si. The van der Waals surface area contributed by atoms with Gasteiger partial charge >= 0.3 is 0 Å². The van der Waals surface area contributed by atoms with Crippen LogP contribution in [0.15, 0.2) is 0 Å². The molecule has 1 fully saturated rings. The Morgan fingerprint density at radius 2 is 2.33 bits per heavy atom. The lowest BCUT2D eigenvalue weighted by Crippen LogP contribution is -2.44. The van der Waals surface area contributed by atoms with Gasteiger partial charge in [0.2, 0.25) is 0 Å². The van der Waals surface area contributed by atoms with Gasteiger partial charge < -0.3 is 14.5 Å². The van der Waals surface area contributed by atoms with E-state index in [1.165, 1.54) is 6.42 Å². The topological polar surface area (TPSA) is 30.5 Å². The Balaban J connectivity index is 2.46. The van der Waals surface area contributed by atoms with Gasteiger partial charge in [0.25, 0.3) is 0 Å². The van der Waals surface area contributed by atoms with Crippen LogP contribution in [-0.4, -0.2) is 41.9 Å². The summed E-state index contributed by atoms with van der Waals surface area (Å²) in [4.78, 5) is 0. The molecule has 1 rings (SSSR count). The van der Waals surface area contributed by atoms with E-state index in [-0.39, 0.29) is 5.60 Å². The van der Waals surface area contributed by atoms with E-state index in [4.69, 9.17) is 9.16 Å². The van der Waals surface area contributed by atoms with Crippen LogP contribution in [0.25, 0.3) is 0 Å². The minimum atomic E-state index is 0.0215. The molecule has 0 aromatic heterocycles. The molecule has 1 heterocycles. The Labute approximate surface area is 96.5 Å². The van der Waals surface area contributed by atoms with Crippen LogP contribution in [-0.2, 0) is 9.16 Å². The number of rotatable bonds is 5. The Bertz CT molecular complexity index is 181. The summed E-state index contributed by atoms with van der Waals surface area (Å²) < 4.78 is 11.4. The number of morpholine rings is 1. The molecule has 0 saturated carbocycles. The number of hydrogen-bond acceptors (Lipinski definition) is 3. The highest BCUT2D eigenvalue weighted by molar-refractivity contribution is 5.98. The second-order valence-corrected chi connectivity index (χ2v) is 5.36. The fraction of sp³-hybridized carbons (Fsp3) is 1.00. The van der Waals surface area contributed by atoms with Gasteiger partial charge in [-0.2, -0.15) is 0 Å². The van der Waals surface area contributed by atoms with Crippen molar-refractivity contribution in [1.82, 2.24) is 5.32 Å². The highest BCUT2D eigenvalue weighted by Gasteiger charge is 2.28. The van der Waals surface area contributed by atoms with Crippen molar-refractivity contribution in [1.29, 1.82) is 0 Å². The monoisotopic (exact) mass is 231 g/mol. The molecule has 3 nitrogen and oxygen atoms in total. The lowest BCUT2D eigenvalue weighted by molar-refractivity contribution is -0.0330. The van der Waals surface area contributed by atoms with Gasteiger partial charge in [-0.1, -0.05) is 13.3 Å². The van der Waals surface area contributed by atoms with Crippen LogP contribution < -0.4 is 5.32 Å². The molecule has 0 aromatic rings. The summed E-state index contributed by atoms with van der Waals surface area (Å²) in [7, 11) is 0.813. The molecule has 1 aliphatic heterocycles. The van der Waals surface area contributed by atoms with Gasteiger partial charge in [-0.05, 0) is 26.2 Å². The van der Waals surface area contributed by atoms with Gasteiger partial charge in [-0.3, -0.25) is 0 Å². The highest BCUT2D eigenvalue weighted by Crippen LogP contribution is 2.26. The third-order valence-corrected chi connectivity index (χ3v) is 4.42. The highest BCUT2D eigenvalue weighted by atomic mass is 28.2. The minimum absolute atomic E-state index is 0.0215. The number of ether oxygens (including phenoxy) is 1. The fourth-order valence-electron chi connectivity index (χ4n) is 2.14. The van der Waals surface area contributed by atoms with E-state index in [0.717, 1.165) is 36.6 Å². The summed E-state index contributed by atoms with van der Waals surface area (Å²) >= 11 is 0. The van der Waals surface area contributed by atoms with Crippen molar-refractivity contribution < 1.29 is 9.16 Å². The van der Waals surface area contributed by atoms with Gasteiger partial charge in [0.15, 0.2) is 0 Å². The molecule has 2 unspecified atom stereocenters. The maximum absolute atomic E-state index is 5.81. The molecule has 1 saturated heterocycles. The fourth-order valence-corrected chi connectivity index (χ4v) is 2.31. The molecule has 4 heteroatoms. The summed E-state index contributed by atoms with van der Waals surface area (Å²) in [6.07, 6.45) is 2.64. The molecule has 1 aliphatic rings. The van der Waals surface area contributed by atoms with E-state index in [2.05, 4.69) is 26.1 Å². The van der Waals surface area contributed by atoms with Crippen LogP contribution in [0.3, 0.4) is 0 Å². The first-order valence-electron chi connectivity index (χ1n) is 5.96. The zero-order valence-electron chi connectivity index (χ0n) is 10.5. The van der Waals surface area contributed by atoms with Crippen LogP contribution in [0.4, 0.5) is 0 Å². The third kappa shape index (κ3) is 4.22. The van der Waals surface area contributed by atoms with Crippen molar-refractivity contribution in [2.45, 2.75) is 45.3 Å². The summed E-state index contributed by atoms with van der Waals surface area (Å²) in [5, 5.41) is 3.40. The van der Waals surface area contributed by atoms with Crippen LogP contribution >= 0.6 is 0 Å². The van der Waals surface area contributed by atoms with Crippen molar-refractivity contribution in [2.24, 2.45) is 5.92 Å². The van der Waals surface area contributed by atoms with E-state index >= 15 is 0 Å². The molecule has 0 spiro atoms. The Morgan fingerprint density at radius 1 is 1.60 bits per heavy atom. The first-order valence-corrected chi connectivity index (χ1v) is 6.78. The molecule has 2 atom stereocenters. The normalized spacial score (nSPS) is 25.4. The van der Waals surface area contributed by atoms with Crippen LogP contribution in [0.5, 0.6) is 0 Å². The van der Waals surface area contributed by atoms with E-state index in [0.29, 0.717) is 12.0 Å². The van der Waals surface area contributed by atoms with E-state index in [1.54, 1.807) is 0 Å². The summed E-state index contributed by atoms with van der Waals surface area (Å²) in [5.41, 5.74) is 0.0215. The van der Waals surface area contributed by atoms with Gasteiger partial charge in [0.05, 0.1) is 12.7 Å². The maximum Gasteiger partial charge on any atom is 0.146 e. The van der Waals surface area contributed by atoms with E-state index in [1.807, 2.05) is 0 Å². The van der Waals surface area contributed by atoms with E-state index < -0.39 is 0 Å². The largest absolute Gasteiger partial charge is 0.423 e. The molecule has 0 aliphatic carbocycles. The minimum Gasteiger partial charge on any atom is -0.423 e. The molecule has 1 N–H and O–H groups in total. The zero-order valence-corrected chi connectivity index (χ0v) is 12.5. The summed E-state index contributed by atoms with van der Waals surface area (Å²) in [6, 6.07) is 0. The van der Waals surface area contributed by atoms with Crippen molar-refractivity contribution in [3.05, 3.63) is 0 Å². The van der Waals surface area contributed by atoms with Crippen molar-refractivity contribution in [3.8, 4) is 0 Å². The second-order valence-electron chi connectivity index (χ2n) is 4.95. The first-order chi connectivity index (χ1) is 7.09. The van der Waals surface area contributed by atoms with Crippen molar-refractivity contribution in [3.63, 3.8) is 0 Å². The molecule has 0 bridgehead atoms. The second kappa shape index (κ2) is 5.99. The molecule has 15 heavy (non-hydrogen) atoms. The summed E-state index contributed by atoms with van der Waals surface area (Å²) in [5.74, 6) is 0.613. The van der Waals surface area contributed by atoms with Crippen LogP contribution in [0, 0.1) is 5.92 Å². The average Bonchev–Trinajstić information content (AvgIpc) is 2.27. The Hall–Kier alpha value is 0.0969. The predicted octanol–water partition coefficient (Wildman–Crippen LogP) is 0.467. The zero-order chi connectivity index (χ0) is 11.3. The van der Waals surface area contributed by atoms with Crippen LogP contribution in [0.1, 0.15) is 33.6 Å². The van der Waals surface area contributed by atoms with E-state index in [9.17, 15) is 0 Å². The molecule has 90 valence electrons. The smallest absolute Gasteiger partial charge is 0.146 e. The number of hydrogen-bond donors (Lipinski definition) is 1. The molecular weight excluding hydrogens is 206 g/mol. The van der Waals surface area contributed by atoms with Crippen molar-refractivity contribution in [2.75, 3.05) is 19.7 Å². The molecule has 0 amide bonds. The molecule has 0 radical (unpaired) electrons.